The first kappa shape index (κ1) is 25.2. The number of carbonyl (C=O) groups excluding carboxylic acids is 2. The van der Waals surface area contributed by atoms with Crippen molar-refractivity contribution in [1.82, 2.24) is 23.6 Å². The van der Waals surface area contributed by atoms with E-state index in [2.05, 4.69) is 20.2 Å². The second kappa shape index (κ2) is 8.64. The highest BCUT2D eigenvalue weighted by Crippen LogP contribution is 2.40. The van der Waals surface area contributed by atoms with Crippen molar-refractivity contribution < 1.29 is 45.7 Å². The standard InChI is InChI=1S/C15H19N7O10S3/c16-14-18-7(6-33-14)9(20-32-15(1-2-15)13(25)26)11(23)19-10-8(22(12(10)24)35(29,30)31)5-21-4-3-17-34(21,27)28/h6,8,10,17H,1-5H2,(H2,16,18)(H,19,23)(H,25,26)(H,29,30,31)/b20-9-/t8-,10+/m1/s1. The number of amides is 2. The van der Waals surface area contributed by atoms with Gasteiger partial charge in [-0.15, -0.1) is 11.3 Å². The Morgan fingerprint density at radius 1 is 1.43 bits per heavy atom. The Kier molecular flexibility index (Phi) is 6.22. The van der Waals surface area contributed by atoms with Gasteiger partial charge >= 0.3 is 16.3 Å². The van der Waals surface area contributed by atoms with Crippen LogP contribution in [0.4, 0.5) is 5.13 Å². The molecule has 1 aromatic heterocycles. The molecule has 0 unspecified atom stereocenters. The molecule has 4 rings (SSSR count). The molecule has 0 aromatic carbocycles. The molecule has 0 radical (unpaired) electrons. The Morgan fingerprint density at radius 2 is 2.11 bits per heavy atom. The summed E-state index contributed by atoms with van der Waals surface area (Å²) in [7, 11) is -9.01. The third-order valence-electron chi connectivity index (χ3n) is 5.47. The lowest BCUT2D eigenvalue weighted by molar-refractivity contribution is -0.153. The van der Waals surface area contributed by atoms with Gasteiger partial charge in [0.25, 0.3) is 22.0 Å². The third kappa shape index (κ3) is 4.79. The number of carbonyl (C=O) groups is 3. The number of aliphatic carboxylic acids is 1. The lowest BCUT2D eigenvalue weighted by Crippen LogP contribution is -2.74. The van der Waals surface area contributed by atoms with Crippen molar-refractivity contribution in [3.8, 4) is 0 Å². The minimum absolute atomic E-state index is 0.0383. The van der Waals surface area contributed by atoms with Crippen LogP contribution in [0.3, 0.4) is 0 Å². The van der Waals surface area contributed by atoms with E-state index in [9.17, 15) is 40.9 Å². The topological polar surface area (TPSA) is 251 Å². The smallest absolute Gasteiger partial charge is 0.362 e. The van der Waals surface area contributed by atoms with Crippen molar-refractivity contribution in [2.45, 2.75) is 30.5 Å². The van der Waals surface area contributed by atoms with E-state index in [1.807, 2.05) is 0 Å². The molecule has 0 bridgehead atoms. The molecule has 3 heterocycles. The minimum Gasteiger partial charge on any atom is -0.478 e. The molecule has 1 aromatic rings. The lowest BCUT2D eigenvalue weighted by atomic mass is 9.98. The molecule has 2 saturated heterocycles. The van der Waals surface area contributed by atoms with Gasteiger partial charge in [0.1, 0.15) is 11.7 Å². The Hall–Kier alpha value is -2.91. The SMILES string of the molecule is Nc1nc(/C(=N/OC2(C(=O)O)CC2)C(=O)N[C@@H]2C(=O)N(S(=O)(=O)O)[C@@H]2CN2CCNS2(=O)=O)cs1. The fourth-order valence-electron chi connectivity index (χ4n) is 3.45. The molecular weight excluding hydrogens is 534 g/mol. The first-order valence-corrected chi connectivity index (χ1v) is 13.5. The number of nitrogens with two attached hydrogens (primary N) is 1. The van der Waals surface area contributed by atoms with Crippen molar-refractivity contribution >= 4 is 60.5 Å². The molecule has 6 N–H and O–H groups in total. The van der Waals surface area contributed by atoms with Gasteiger partial charge in [0.15, 0.2) is 10.8 Å². The number of nitrogens with zero attached hydrogens (tertiary/aromatic N) is 4. The number of thiazole rings is 1. The number of oxime groups is 1. The number of hydrogen-bond donors (Lipinski definition) is 5. The number of rotatable bonds is 9. The largest absolute Gasteiger partial charge is 0.478 e. The second-order valence-electron chi connectivity index (χ2n) is 7.79. The summed E-state index contributed by atoms with van der Waals surface area (Å²) in [5.74, 6) is -3.62. The van der Waals surface area contributed by atoms with Crippen LogP contribution >= 0.6 is 11.3 Å². The van der Waals surface area contributed by atoms with E-state index in [1.165, 1.54) is 5.38 Å². The van der Waals surface area contributed by atoms with Crippen LogP contribution in [0.5, 0.6) is 0 Å². The lowest BCUT2D eigenvalue weighted by Gasteiger charge is -2.45. The molecule has 1 aliphatic carbocycles. The van der Waals surface area contributed by atoms with Gasteiger partial charge in [-0.25, -0.2) is 18.8 Å². The maximum atomic E-state index is 13.0. The van der Waals surface area contributed by atoms with Crippen molar-refractivity contribution in [3.63, 3.8) is 0 Å². The molecule has 1 saturated carbocycles. The third-order valence-corrected chi connectivity index (χ3v) is 8.67. The average Bonchev–Trinajstić information content (AvgIpc) is 3.31. The van der Waals surface area contributed by atoms with Crippen LogP contribution in [-0.4, -0.2) is 101 Å². The normalized spacial score (nSPS) is 25.7. The van der Waals surface area contributed by atoms with Gasteiger partial charge < -0.3 is 21.0 Å². The van der Waals surface area contributed by atoms with Crippen LogP contribution in [0.25, 0.3) is 0 Å². The summed E-state index contributed by atoms with van der Waals surface area (Å²) in [4.78, 5) is 45.8. The van der Waals surface area contributed by atoms with Crippen LogP contribution in [0.2, 0.25) is 0 Å². The molecule has 17 nitrogen and oxygen atoms in total. The summed E-state index contributed by atoms with van der Waals surface area (Å²) in [6.45, 7) is -0.555. The van der Waals surface area contributed by atoms with Crippen molar-refractivity contribution in [3.05, 3.63) is 11.1 Å². The summed E-state index contributed by atoms with van der Waals surface area (Å²) < 4.78 is 60.0. The minimum atomic E-state index is -5.07. The first-order chi connectivity index (χ1) is 16.2. The monoisotopic (exact) mass is 553 g/mol. The van der Waals surface area contributed by atoms with E-state index in [4.69, 9.17) is 10.6 Å². The zero-order chi connectivity index (χ0) is 25.8. The number of hydrogen-bond acceptors (Lipinski definition) is 12. The molecule has 35 heavy (non-hydrogen) atoms. The van der Waals surface area contributed by atoms with Crippen LogP contribution in [-0.2, 0) is 39.7 Å². The van der Waals surface area contributed by atoms with Crippen LogP contribution in [0, 0.1) is 0 Å². The Bertz CT molecular complexity index is 1320. The number of aromatic nitrogens is 1. The fraction of sp³-hybridized carbons (Fsp3) is 0.533. The number of β-lactam (4-membered cyclic amide) rings is 1. The molecule has 2 amide bonds. The number of nitrogen functional groups attached to an aromatic ring is 1. The van der Waals surface area contributed by atoms with Gasteiger partial charge in [0.2, 0.25) is 5.60 Å². The van der Waals surface area contributed by atoms with Crippen molar-refractivity contribution in [2.24, 2.45) is 5.16 Å². The highest BCUT2D eigenvalue weighted by molar-refractivity contribution is 7.87. The predicted molar refractivity (Wildman–Crippen MR) is 116 cm³/mol. The van der Waals surface area contributed by atoms with E-state index in [0.717, 1.165) is 15.6 Å². The molecule has 192 valence electrons. The molecule has 20 heteroatoms. The van der Waals surface area contributed by atoms with Gasteiger partial charge in [-0.1, -0.05) is 5.16 Å². The highest BCUT2D eigenvalue weighted by Gasteiger charge is 2.56. The summed E-state index contributed by atoms with van der Waals surface area (Å²) >= 11 is 0.936. The number of anilines is 1. The van der Waals surface area contributed by atoms with Crippen molar-refractivity contribution in [2.75, 3.05) is 25.4 Å². The van der Waals surface area contributed by atoms with E-state index in [1.54, 1.807) is 0 Å². The molecule has 2 atom stereocenters. The fourth-order valence-corrected chi connectivity index (χ4v) is 6.08. The van der Waals surface area contributed by atoms with Crippen LogP contribution in [0.15, 0.2) is 10.5 Å². The number of carboxylic acids is 1. The van der Waals surface area contributed by atoms with Gasteiger partial charge in [0, 0.05) is 37.9 Å². The summed E-state index contributed by atoms with van der Waals surface area (Å²) in [6, 6.07) is -3.05. The van der Waals surface area contributed by atoms with E-state index < -0.39 is 68.2 Å². The average molecular weight is 554 g/mol. The zero-order valence-electron chi connectivity index (χ0n) is 17.5. The van der Waals surface area contributed by atoms with Gasteiger partial charge in [-0.05, 0) is 0 Å². The quantitative estimate of drug-likeness (QED) is 0.0873. The van der Waals surface area contributed by atoms with E-state index in [0.29, 0.717) is 0 Å². The first-order valence-electron chi connectivity index (χ1n) is 9.82. The maximum absolute atomic E-state index is 13.0. The molecule has 2 aliphatic heterocycles. The van der Waals surface area contributed by atoms with Gasteiger partial charge in [0.05, 0.1) is 6.04 Å². The zero-order valence-corrected chi connectivity index (χ0v) is 20.0. The molecule has 0 spiro atoms. The second-order valence-corrected chi connectivity index (χ2v) is 11.7. The van der Waals surface area contributed by atoms with Gasteiger partial charge in [-0.2, -0.15) is 21.1 Å². The highest BCUT2D eigenvalue weighted by atomic mass is 32.2. The number of carboxylic acid groups (broad SMARTS) is 1. The van der Waals surface area contributed by atoms with Crippen molar-refractivity contribution in [1.29, 1.82) is 0 Å². The number of nitrogens with one attached hydrogen (secondary N) is 2. The predicted octanol–water partition coefficient (Wildman–Crippen LogP) is -3.29. The van der Waals surface area contributed by atoms with E-state index >= 15 is 0 Å². The van der Waals surface area contributed by atoms with E-state index in [-0.39, 0.29) is 41.1 Å². The molecule has 3 fully saturated rings. The van der Waals surface area contributed by atoms with Crippen LogP contribution < -0.4 is 15.8 Å². The Balaban J connectivity index is 1.59. The summed E-state index contributed by atoms with van der Waals surface area (Å²) in [5, 5.41) is 16.5. The summed E-state index contributed by atoms with van der Waals surface area (Å²) in [6.07, 6.45) is 0.287. The van der Waals surface area contributed by atoms with Gasteiger partial charge in [-0.3, -0.25) is 14.1 Å². The Morgan fingerprint density at radius 3 is 2.60 bits per heavy atom. The maximum Gasteiger partial charge on any atom is 0.362 e. The molecular formula is C15H19N7O10S3. The molecule has 3 aliphatic rings. The summed E-state index contributed by atoms with van der Waals surface area (Å²) in [5.41, 5.74) is 3.33. The van der Waals surface area contributed by atoms with Crippen LogP contribution in [0.1, 0.15) is 18.5 Å². The Labute approximate surface area is 202 Å².